The summed E-state index contributed by atoms with van der Waals surface area (Å²) in [6, 6.07) is 16.8. The molecular weight excluding hydrogens is 422 g/mol. The second-order valence-corrected chi connectivity index (χ2v) is 7.07. The fraction of sp³-hybridized carbons (Fsp3) is 0.143. The molecule has 3 aromatic carbocycles. The minimum Gasteiger partial charge on any atom is -0.503 e. The number of hydrazone groups is 1. The number of benzene rings is 3. The summed E-state index contributed by atoms with van der Waals surface area (Å²) in [6.45, 7) is 1.76. The molecule has 1 unspecified atom stereocenters. The highest BCUT2D eigenvalue weighted by molar-refractivity contribution is 9.10. The van der Waals surface area contributed by atoms with E-state index in [0.29, 0.717) is 15.8 Å². The molecule has 0 fully saturated rings. The lowest BCUT2D eigenvalue weighted by molar-refractivity contribution is -0.121. The van der Waals surface area contributed by atoms with E-state index < -0.39 is 6.04 Å². The molecule has 28 heavy (non-hydrogen) atoms. The molecular formula is C21H20BrN3O3. The maximum atomic E-state index is 12.3. The zero-order valence-corrected chi connectivity index (χ0v) is 17.0. The number of nitrogens with one attached hydrogen (secondary N) is 2. The van der Waals surface area contributed by atoms with Crippen molar-refractivity contribution in [1.29, 1.82) is 0 Å². The molecule has 144 valence electrons. The number of carbonyl (C=O) groups is 1. The normalized spacial score (nSPS) is 12.1. The number of rotatable bonds is 6. The Morgan fingerprint density at radius 1 is 1.18 bits per heavy atom. The molecule has 0 radical (unpaired) electrons. The van der Waals surface area contributed by atoms with Crippen LogP contribution in [0.2, 0.25) is 0 Å². The van der Waals surface area contributed by atoms with E-state index >= 15 is 0 Å². The Bertz CT molecular complexity index is 1040. The molecule has 1 amide bonds. The first kappa shape index (κ1) is 19.7. The molecule has 0 aliphatic rings. The zero-order chi connectivity index (χ0) is 20.1. The highest BCUT2D eigenvalue weighted by Gasteiger charge is 2.12. The van der Waals surface area contributed by atoms with Gasteiger partial charge in [0.25, 0.3) is 5.91 Å². The predicted molar refractivity (Wildman–Crippen MR) is 115 cm³/mol. The van der Waals surface area contributed by atoms with Crippen LogP contribution in [0.3, 0.4) is 0 Å². The maximum absolute atomic E-state index is 12.3. The number of aromatic hydroxyl groups is 1. The topological polar surface area (TPSA) is 83.0 Å². The van der Waals surface area contributed by atoms with Gasteiger partial charge in [-0.2, -0.15) is 5.10 Å². The Hall–Kier alpha value is -3.06. The molecule has 0 spiro atoms. The van der Waals surface area contributed by atoms with Gasteiger partial charge in [-0.05, 0) is 63.5 Å². The van der Waals surface area contributed by atoms with E-state index in [-0.39, 0.29) is 11.7 Å². The molecule has 3 aromatic rings. The van der Waals surface area contributed by atoms with E-state index in [0.717, 1.165) is 16.5 Å². The van der Waals surface area contributed by atoms with Crippen molar-refractivity contribution >= 4 is 44.5 Å². The number of methoxy groups -OCH3 is 1. The summed E-state index contributed by atoms with van der Waals surface area (Å²) in [5, 5.41) is 19.2. The number of carbonyl (C=O) groups excluding carboxylic acids is 1. The fourth-order valence-corrected chi connectivity index (χ4v) is 3.15. The van der Waals surface area contributed by atoms with E-state index in [9.17, 15) is 9.90 Å². The Balaban J connectivity index is 1.62. The number of phenols is 1. The molecule has 1 atom stereocenters. The van der Waals surface area contributed by atoms with Crippen LogP contribution >= 0.6 is 15.9 Å². The molecule has 0 saturated heterocycles. The van der Waals surface area contributed by atoms with E-state index in [1.54, 1.807) is 19.1 Å². The van der Waals surface area contributed by atoms with Crippen molar-refractivity contribution in [3.63, 3.8) is 0 Å². The van der Waals surface area contributed by atoms with E-state index in [1.807, 2.05) is 42.5 Å². The minimum atomic E-state index is -0.473. The van der Waals surface area contributed by atoms with Gasteiger partial charge in [0.1, 0.15) is 6.04 Å². The number of anilines is 1. The summed E-state index contributed by atoms with van der Waals surface area (Å²) in [4.78, 5) is 12.3. The first-order valence-electron chi connectivity index (χ1n) is 8.62. The van der Waals surface area contributed by atoms with Crippen molar-refractivity contribution in [2.24, 2.45) is 5.10 Å². The lowest BCUT2D eigenvalue weighted by Gasteiger charge is -2.14. The molecule has 0 aromatic heterocycles. The fourth-order valence-electron chi connectivity index (χ4n) is 2.69. The van der Waals surface area contributed by atoms with Gasteiger partial charge in [-0.15, -0.1) is 0 Å². The molecule has 0 heterocycles. The van der Waals surface area contributed by atoms with Crippen molar-refractivity contribution in [3.8, 4) is 11.5 Å². The van der Waals surface area contributed by atoms with Crippen LogP contribution in [0.15, 0.2) is 64.2 Å². The number of amides is 1. The summed E-state index contributed by atoms with van der Waals surface area (Å²) >= 11 is 3.25. The summed E-state index contributed by atoms with van der Waals surface area (Å²) in [5.41, 5.74) is 4.03. The van der Waals surface area contributed by atoms with E-state index in [2.05, 4.69) is 31.8 Å². The van der Waals surface area contributed by atoms with Gasteiger partial charge >= 0.3 is 0 Å². The summed E-state index contributed by atoms with van der Waals surface area (Å²) < 4.78 is 5.57. The van der Waals surface area contributed by atoms with Crippen LogP contribution in [0.1, 0.15) is 12.5 Å². The van der Waals surface area contributed by atoms with Crippen molar-refractivity contribution < 1.29 is 14.6 Å². The summed E-state index contributed by atoms with van der Waals surface area (Å²) in [7, 11) is 1.46. The molecule has 6 nitrogen and oxygen atoms in total. The maximum Gasteiger partial charge on any atom is 0.262 e. The third kappa shape index (κ3) is 4.61. The average molecular weight is 442 g/mol. The van der Waals surface area contributed by atoms with Crippen molar-refractivity contribution in [3.05, 3.63) is 64.6 Å². The van der Waals surface area contributed by atoms with Crippen LogP contribution in [-0.4, -0.2) is 30.4 Å². The Morgan fingerprint density at radius 2 is 1.93 bits per heavy atom. The van der Waals surface area contributed by atoms with Gasteiger partial charge in [-0.1, -0.05) is 30.3 Å². The monoisotopic (exact) mass is 441 g/mol. The van der Waals surface area contributed by atoms with Gasteiger partial charge in [0.15, 0.2) is 11.5 Å². The molecule has 0 aliphatic carbocycles. The van der Waals surface area contributed by atoms with E-state index in [4.69, 9.17) is 4.74 Å². The van der Waals surface area contributed by atoms with Crippen molar-refractivity contribution in [2.45, 2.75) is 13.0 Å². The standard InChI is InChI=1S/C21H20BrN3O3/c1-13(24-17-8-7-15-5-3-4-6-16(15)11-17)21(27)25-23-12-14-9-18(22)20(26)19(10-14)28-2/h3-13,24,26H,1-2H3,(H,25,27). The van der Waals surface area contributed by atoms with Crippen LogP contribution < -0.4 is 15.5 Å². The zero-order valence-electron chi connectivity index (χ0n) is 15.4. The lowest BCUT2D eigenvalue weighted by Crippen LogP contribution is -2.34. The smallest absolute Gasteiger partial charge is 0.262 e. The number of fused-ring (bicyclic) bond motifs is 1. The number of hydrogen-bond acceptors (Lipinski definition) is 5. The van der Waals surface area contributed by atoms with Gasteiger partial charge in [0.05, 0.1) is 17.8 Å². The predicted octanol–water partition coefficient (Wildman–Crippen LogP) is 4.27. The number of nitrogens with zero attached hydrogens (tertiary/aromatic N) is 1. The highest BCUT2D eigenvalue weighted by atomic mass is 79.9. The van der Waals surface area contributed by atoms with Crippen molar-refractivity contribution in [2.75, 3.05) is 12.4 Å². The molecule has 0 bridgehead atoms. The lowest BCUT2D eigenvalue weighted by atomic mass is 10.1. The van der Waals surface area contributed by atoms with Gasteiger partial charge in [-0.3, -0.25) is 4.79 Å². The summed E-state index contributed by atoms with van der Waals surface area (Å²) in [6.07, 6.45) is 1.48. The highest BCUT2D eigenvalue weighted by Crippen LogP contribution is 2.34. The van der Waals surface area contributed by atoms with Gasteiger partial charge in [-0.25, -0.2) is 5.43 Å². The van der Waals surface area contributed by atoms with Crippen LogP contribution in [0.4, 0.5) is 5.69 Å². The molecule has 3 rings (SSSR count). The van der Waals surface area contributed by atoms with Crippen LogP contribution in [-0.2, 0) is 4.79 Å². The number of phenolic OH excluding ortho intramolecular Hbond substituents is 1. The van der Waals surface area contributed by atoms with Crippen LogP contribution in [0.5, 0.6) is 11.5 Å². The first-order chi connectivity index (χ1) is 13.5. The molecule has 0 saturated carbocycles. The van der Waals surface area contributed by atoms with Crippen LogP contribution in [0.25, 0.3) is 10.8 Å². The summed E-state index contributed by atoms with van der Waals surface area (Å²) in [5.74, 6) is 0.0552. The third-order valence-corrected chi connectivity index (χ3v) is 4.79. The number of ether oxygens (including phenoxy) is 1. The second kappa shape index (κ2) is 8.75. The van der Waals surface area contributed by atoms with Gasteiger partial charge in [0.2, 0.25) is 0 Å². The third-order valence-electron chi connectivity index (χ3n) is 4.18. The Labute approximate surface area is 171 Å². The van der Waals surface area contributed by atoms with Gasteiger partial charge < -0.3 is 15.2 Å². The Kier molecular flexibility index (Phi) is 6.16. The number of halogens is 1. The molecule has 0 aliphatic heterocycles. The SMILES string of the molecule is COc1cc(C=NNC(=O)C(C)Nc2ccc3ccccc3c2)cc(Br)c1O. The molecule has 7 heteroatoms. The Morgan fingerprint density at radius 3 is 2.68 bits per heavy atom. The quantitative estimate of drug-likeness (QED) is 0.394. The first-order valence-corrected chi connectivity index (χ1v) is 9.42. The van der Waals surface area contributed by atoms with E-state index in [1.165, 1.54) is 13.3 Å². The van der Waals surface area contributed by atoms with Crippen molar-refractivity contribution in [1.82, 2.24) is 5.43 Å². The second-order valence-electron chi connectivity index (χ2n) is 6.22. The van der Waals surface area contributed by atoms with Crippen LogP contribution in [0, 0.1) is 0 Å². The largest absolute Gasteiger partial charge is 0.503 e. The minimum absolute atomic E-state index is 0.0110. The van der Waals surface area contributed by atoms with Gasteiger partial charge in [0, 0.05) is 5.69 Å². The average Bonchev–Trinajstić information content (AvgIpc) is 2.70. The number of hydrogen-bond donors (Lipinski definition) is 3. The molecule has 3 N–H and O–H groups in total.